The normalized spacial score (nSPS) is 30.5. The molecule has 1 aliphatic carbocycles. The summed E-state index contributed by atoms with van der Waals surface area (Å²) in [7, 11) is 0. The van der Waals surface area contributed by atoms with Crippen LogP contribution in [0.4, 0.5) is 0 Å². The quantitative estimate of drug-likeness (QED) is 0.815. The van der Waals surface area contributed by atoms with Gasteiger partial charge in [-0.15, -0.1) is 0 Å². The van der Waals surface area contributed by atoms with Gasteiger partial charge in [0.25, 0.3) is 0 Å². The summed E-state index contributed by atoms with van der Waals surface area (Å²) in [6.45, 7) is 8.74. The molecule has 0 aromatic carbocycles. The summed E-state index contributed by atoms with van der Waals surface area (Å²) < 4.78 is 5.24. The van der Waals surface area contributed by atoms with Crippen molar-refractivity contribution in [2.75, 3.05) is 0 Å². The summed E-state index contributed by atoms with van der Waals surface area (Å²) in [5.41, 5.74) is 6.37. The fourth-order valence-corrected chi connectivity index (χ4v) is 2.71. The molecule has 0 aliphatic heterocycles. The molecule has 0 unspecified atom stereocenters. The monoisotopic (exact) mass is 237 g/mol. The number of hydrogen-bond donors (Lipinski definition) is 1. The minimum absolute atomic E-state index is 0.367. The van der Waals surface area contributed by atoms with Crippen LogP contribution in [0.3, 0.4) is 0 Å². The Labute approximate surface area is 103 Å². The number of hydrogen-bond acceptors (Lipinski definition) is 4. The second-order valence-electron chi connectivity index (χ2n) is 6.44. The van der Waals surface area contributed by atoms with E-state index in [4.69, 9.17) is 10.3 Å². The van der Waals surface area contributed by atoms with Crippen molar-refractivity contribution < 1.29 is 4.52 Å². The molecule has 1 aliphatic rings. The minimum atomic E-state index is -0.400. The Bertz CT molecular complexity index is 384. The summed E-state index contributed by atoms with van der Waals surface area (Å²) in [6.07, 6.45) is 4.16. The van der Waals surface area contributed by atoms with Crippen LogP contribution < -0.4 is 5.73 Å². The SMILES string of the molecule is Cc1noc(C2(N)CCC(C(C)(C)C)CC2)n1. The van der Waals surface area contributed by atoms with Crippen molar-refractivity contribution in [2.45, 2.75) is 58.9 Å². The molecule has 1 fully saturated rings. The van der Waals surface area contributed by atoms with E-state index >= 15 is 0 Å². The molecule has 2 N–H and O–H groups in total. The molecule has 1 saturated carbocycles. The lowest BCUT2D eigenvalue weighted by Gasteiger charge is -2.40. The maximum Gasteiger partial charge on any atom is 0.246 e. The molecule has 0 atom stereocenters. The van der Waals surface area contributed by atoms with Crippen LogP contribution in [-0.4, -0.2) is 10.1 Å². The van der Waals surface area contributed by atoms with Crippen molar-refractivity contribution >= 4 is 0 Å². The standard InChI is InChI=1S/C13H23N3O/c1-9-15-11(17-16-9)13(14)7-5-10(6-8-13)12(2,3)4/h10H,5-8,14H2,1-4H3. The number of rotatable bonds is 1. The van der Waals surface area contributed by atoms with E-state index in [0.717, 1.165) is 31.6 Å². The lowest BCUT2D eigenvalue weighted by atomic mass is 9.67. The van der Waals surface area contributed by atoms with E-state index in [0.29, 0.717) is 17.1 Å². The summed E-state index contributed by atoms with van der Waals surface area (Å²) in [6, 6.07) is 0. The van der Waals surface area contributed by atoms with Gasteiger partial charge in [-0.3, -0.25) is 0 Å². The Hall–Kier alpha value is -0.900. The Morgan fingerprint density at radius 2 is 1.88 bits per heavy atom. The van der Waals surface area contributed by atoms with Gasteiger partial charge in [-0.2, -0.15) is 4.98 Å². The van der Waals surface area contributed by atoms with Gasteiger partial charge < -0.3 is 10.3 Å². The number of nitrogens with two attached hydrogens (primary N) is 1. The Morgan fingerprint density at radius 1 is 1.29 bits per heavy atom. The van der Waals surface area contributed by atoms with E-state index < -0.39 is 5.54 Å². The fraction of sp³-hybridized carbons (Fsp3) is 0.846. The first-order valence-electron chi connectivity index (χ1n) is 6.41. The molecule has 96 valence electrons. The van der Waals surface area contributed by atoms with Crippen molar-refractivity contribution in [3.05, 3.63) is 11.7 Å². The van der Waals surface area contributed by atoms with E-state index in [1.807, 2.05) is 6.92 Å². The first-order chi connectivity index (χ1) is 7.81. The van der Waals surface area contributed by atoms with E-state index in [1.54, 1.807) is 0 Å². The lowest BCUT2D eigenvalue weighted by molar-refractivity contribution is 0.115. The van der Waals surface area contributed by atoms with Gasteiger partial charge in [0.1, 0.15) is 0 Å². The zero-order valence-electron chi connectivity index (χ0n) is 11.3. The average Bonchev–Trinajstić information content (AvgIpc) is 2.65. The van der Waals surface area contributed by atoms with Crippen LogP contribution in [0.1, 0.15) is 58.2 Å². The van der Waals surface area contributed by atoms with Gasteiger partial charge in [-0.25, -0.2) is 0 Å². The van der Waals surface area contributed by atoms with Crippen LogP contribution >= 0.6 is 0 Å². The van der Waals surface area contributed by atoms with Crippen LogP contribution in [-0.2, 0) is 5.54 Å². The molecule has 2 rings (SSSR count). The van der Waals surface area contributed by atoms with Crippen LogP contribution in [0.2, 0.25) is 0 Å². The molecule has 1 aromatic heterocycles. The second-order valence-corrected chi connectivity index (χ2v) is 6.44. The first-order valence-corrected chi connectivity index (χ1v) is 6.41. The molecule has 0 radical (unpaired) electrons. The van der Waals surface area contributed by atoms with Crippen LogP contribution in [0.15, 0.2) is 4.52 Å². The lowest BCUT2D eigenvalue weighted by Crippen LogP contribution is -2.42. The highest BCUT2D eigenvalue weighted by atomic mass is 16.5. The van der Waals surface area contributed by atoms with E-state index in [2.05, 4.69) is 30.9 Å². The highest BCUT2D eigenvalue weighted by molar-refractivity contribution is 5.04. The molecule has 0 bridgehead atoms. The summed E-state index contributed by atoms with van der Waals surface area (Å²) in [4.78, 5) is 4.29. The zero-order chi connectivity index (χ0) is 12.7. The van der Waals surface area contributed by atoms with Crippen molar-refractivity contribution in [1.29, 1.82) is 0 Å². The van der Waals surface area contributed by atoms with Crippen LogP contribution in [0.25, 0.3) is 0 Å². The van der Waals surface area contributed by atoms with Gasteiger partial charge in [0, 0.05) is 0 Å². The molecule has 17 heavy (non-hydrogen) atoms. The van der Waals surface area contributed by atoms with Crippen LogP contribution in [0, 0.1) is 18.3 Å². The van der Waals surface area contributed by atoms with Gasteiger partial charge in [0.2, 0.25) is 5.89 Å². The van der Waals surface area contributed by atoms with Gasteiger partial charge in [0.15, 0.2) is 5.82 Å². The van der Waals surface area contributed by atoms with Gasteiger partial charge >= 0.3 is 0 Å². The minimum Gasteiger partial charge on any atom is -0.337 e. The van der Waals surface area contributed by atoms with E-state index in [-0.39, 0.29) is 0 Å². The largest absolute Gasteiger partial charge is 0.337 e. The molecular weight excluding hydrogens is 214 g/mol. The fourth-order valence-electron chi connectivity index (χ4n) is 2.71. The van der Waals surface area contributed by atoms with Crippen molar-refractivity contribution in [3.63, 3.8) is 0 Å². The van der Waals surface area contributed by atoms with Crippen molar-refractivity contribution in [3.8, 4) is 0 Å². The Balaban J connectivity index is 2.07. The van der Waals surface area contributed by atoms with Gasteiger partial charge in [-0.1, -0.05) is 25.9 Å². The number of aryl methyl sites for hydroxylation is 1. The number of nitrogens with zero attached hydrogens (tertiary/aromatic N) is 2. The molecule has 1 aromatic rings. The topological polar surface area (TPSA) is 64.9 Å². The second kappa shape index (κ2) is 4.09. The highest BCUT2D eigenvalue weighted by Crippen LogP contribution is 2.43. The predicted molar refractivity (Wildman–Crippen MR) is 66.3 cm³/mol. The third-order valence-electron chi connectivity index (χ3n) is 4.06. The highest BCUT2D eigenvalue weighted by Gasteiger charge is 2.40. The van der Waals surface area contributed by atoms with Gasteiger partial charge in [0.05, 0.1) is 5.54 Å². The third-order valence-corrected chi connectivity index (χ3v) is 4.06. The van der Waals surface area contributed by atoms with Crippen molar-refractivity contribution in [2.24, 2.45) is 17.1 Å². The molecule has 0 amide bonds. The summed E-state index contributed by atoms with van der Waals surface area (Å²) >= 11 is 0. The van der Waals surface area contributed by atoms with E-state index in [9.17, 15) is 0 Å². The average molecular weight is 237 g/mol. The first kappa shape index (κ1) is 12.6. The smallest absolute Gasteiger partial charge is 0.246 e. The van der Waals surface area contributed by atoms with E-state index in [1.165, 1.54) is 0 Å². The molecule has 0 saturated heterocycles. The van der Waals surface area contributed by atoms with Crippen LogP contribution in [0.5, 0.6) is 0 Å². The summed E-state index contributed by atoms with van der Waals surface area (Å²) in [5.74, 6) is 2.02. The van der Waals surface area contributed by atoms with Gasteiger partial charge in [-0.05, 0) is 43.9 Å². The Kier molecular flexibility index (Phi) is 3.02. The third kappa shape index (κ3) is 2.51. The molecule has 4 nitrogen and oxygen atoms in total. The van der Waals surface area contributed by atoms with Crippen molar-refractivity contribution in [1.82, 2.24) is 10.1 Å². The molecule has 4 heteroatoms. The predicted octanol–water partition coefficient (Wildman–Crippen LogP) is 2.77. The maximum atomic E-state index is 6.40. The number of aromatic nitrogens is 2. The maximum absolute atomic E-state index is 6.40. The Morgan fingerprint density at radius 3 is 2.29 bits per heavy atom. The molecule has 0 spiro atoms. The molecule has 1 heterocycles. The molecular formula is C13H23N3O. The summed E-state index contributed by atoms with van der Waals surface area (Å²) in [5, 5.41) is 3.84. The zero-order valence-corrected chi connectivity index (χ0v) is 11.3.